The summed E-state index contributed by atoms with van der Waals surface area (Å²) >= 11 is 1.62. The molecular formula is C16H21N3O2S. The molecule has 0 bridgehead atoms. The summed E-state index contributed by atoms with van der Waals surface area (Å²) < 4.78 is 11.2. The van der Waals surface area contributed by atoms with E-state index in [2.05, 4.69) is 20.6 Å². The van der Waals surface area contributed by atoms with E-state index in [4.69, 9.17) is 9.15 Å². The van der Waals surface area contributed by atoms with E-state index in [9.17, 15) is 0 Å². The van der Waals surface area contributed by atoms with Crippen LogP contribution >= 0.6 is 11.3 Å². The number of thiazole rings is 1. The van der Waals surface area contributed by atoms with Crippen LogP contribution in [0.2, 0.25) is 0 Å². The van der Waals surface area contributed by atoms with Gasteiger partial charge in [-0.2, -0.15) is 0 Å². The minimum absolute atomic E-state index is 0.303. The van der Waals surface area contributed by atoms with E-state index in [1.807, 2.05) is 12.1 Å². The summed E-state index contributed by atoms with van der Waals surface area (Å²) in [5, 5.41) is 6.50. The Morgan fingerprint density at radius 1 is 1.41 bits per heavy atom. The van der Waals surface area contributed by atoms with Crippen molar-refractivity contribution in [2.45, 2.75) is 31.5 Å². The molecule has 22 heavy (non-hydrogen) atoms. The summed E-state index contributed by atoms with van der Waals surface area (Å²) in [6.07, 6.45) is 4.72. The molecule has 1 atom stereocenters. The van der Waals surface area contributed by atoms with E-state index < -0.39 is 0 Å². The van der Waals surface area contributed by atoms with Gasteiger partial charge in [-0.3, -0.25) is 4.90 Å². The van der Waals surface area contributed by atoms with Gasteiger partial charge in [-0.25, -0.2) is 4.98 Å². The Labute approximate surface area is 134 Å². The van der Waals surface area contributed by atoms with E-state index in [0.717, 1.165) is 55.3 Å². The number of aromatic nitrogens is 1. The molecule has 0 spiro atoms. The van der Waals surface area contributed by atoms with Crippen LogP contribution in [0, 0.1) is 0 Å². The number of rotatable bonds is 6. The normalized spacial score (nSPS) is 23.0. The molecule has 0 aromatic carbocycles. The molecule has 2 aliphatic rings. The van der Waals surface area contributed by atoms with Crippen molar-refractivity contribution in [2.24, 2.45) is 0 Å². The summed E-state index contributed by atoms with van der Waals surface area (Å²) in [6, 6.07) is 4.67. The van der Waals surface area contributed by atoms with Gasteiger partial charge in [0, 0.05) is 37.6 Å². The fourth-order valence-electron chi connectivity index (χ4n) is 2.90. The van der Waals surface area contributed by atoms with Crippen LogP contribution in [0.4, 0.5) is 0 Å². The fraction of sp³-hybridized carbons (Fsp3) is 0.562. The topological polar surface area (TPSA) is 50.5 Å². The van der Waals surface area contributed by atoms with E-state index in [-0.39, 0.29) is 0 Å². The zero-order valence-corrected chi connectivity index (χ0v) is 13.3. The van der Waals surface area contributed by atoms with Crippen molar-refractivity contribution >= 4 is 11.3 Å². The summed E-state index contributed by atoms with van der Waals surface area (Å²) in [5.74, 6) is 0.840. The van der Waals surface area contributed by atoms with E-state index >= 15 is 0 Å². The molecule has 1 saturated carbocycles. The van der Waals surface area contributed by atoms with Gasteiger partial charge >= 0.3 is 0 Å². The van der Waals surface area contributed by atoms with Gasteiger partial charge in [0.1, 0.15) is 0 Å². The molecule has 1 N–H and O–H groups in total. The Balaban J connectivity index is 1.24. The Morgan fingerprint density at radius 3 is 3.18 bits per heavy atom. The van der Waals surface area contributed by atoms with Crippen molar-refractivity contribution in [1.82, 2.24) is 15.2 Å². The van der Waals surface area contributed by atoms with Gasteiger partial charge < -0.3 is 14.5 Å². The molecule has 1 unspecified atom stereocenters. The zero-order valence-electron chi connectivity index (χ0n) is 12.5. The first-order valence-electron chi connectivity index (χ1n) is 7.93. The monoisotopic (exact) mass is 319 g/mol. The van der Waals surface area contributed by atoms with Crippen LogP contribution in [0.1, 0.15) is 18.5 Å². The standard InChI is InChI=1S/C16H21N3O2S/c1-2-15(21-6-1)16-18-12(11-22-16)8-17-9-14-10-19(5-7-20-14)13-3-4-13/h1-2,6,11,13-14,17H,3-5,7-10H2. The predicted molar refractivity (Wildman–Crippen MR) is 85.9 cm³/mol. The highest BCUT2D eigenvalue weighted by Crippen LogP contribution is 2.28. The molecule has 1 aliphatic heterocycles. The predicted octanol–water partition coefficient (Wildman–Crippen LogP) is 2.36. The van der Waals surface area contributed by atoms with Crippen LogP contribution in [0.15, 0.2) is 28.2 Å². The molecule has 5 nitrogen and oxygen atoms in total. The smallest absolute Gasteiger partial charge is 0.162 e. The van der Waals surface area contributed by atoms with Gasteiger partial charge in [0.25, 0.3) is 0 Å². The molecule has 1 aliphatic carbocycles. The number of nitrogens with one attached hydrogen (secondary N) is 1. The Morgan fingerprint density at radius 2 is 2.36 bits per heavy atom. The van der Waals surface area contributed by atoms with Crippen molar-refractivity contribution < 1.29 is 9.15 Å². The Bertz CT molecular complexity index is 594. The minimum atomic E-state index is 0.303. The molecule has 2 aromatic heterocycles. The third-order valence-electron chi connectivity index (χ3n) is 4.20. The highest BCUT2D eigenvalue weighted by atomic mass is 32.1. The molecule has 118 valence electrons. The maximum atomic E-state index is 5.85. The summed E-state index contributed by atoms with van der Waals surface area (Å²) in [5.41, 5.74) is 1.06. The molecule has 0 amide bonds. The summed E-state index contributed by atoms with van der Waals surface area (Å²) in [7, 11) is 0. The SMILES string of the molecule is c1coc(-c2nc(CNCC3CN(C4CC4)CCO3)cs2)c1. The van der Waals surface area contributed by atoms with E-state index in [1.165, 1.54) is 12.8 Å². The number of ether oxygens (including phenoxy) is 1. The molecule has 0 radical (unpaired) electrons. The second kappa shape index (κ2) is 6.50. The van der Waals surface area contributed by atoms with E-state index in [1.54, 1.807) is 17.6 Å². The first-order valence-corrected chi connectivity index (χ1v) is 8.81. The summed E-state index contributed by atoms with van der Waals surface area (Å²) in [4.78, 5) is 7.18. The van der Waals surface area contributed by atoms with Crippen LogP contribution in [-0.2, 0) is 11.3 Å². The van der Waals surface area contributed by atoms with Gasteiger partial charge in [-0.1, -0.05) is 0 Å². The number of morpholine rings is 1. The number of nitrogens with zero attached hydrogens (tertiary/aromatic N) is 2. The van der Waals surface area contributed by atoms with Crippen molar-refractivity contribution in [2.75, 3.05) is 26.2 Å². The lowest BCUT2D eigenvalue weighted by Crippen LogP contribution is -2.47. The third kappa shape index (κ3) is 3.41. The number of furan rings is 1. The molecule has 6 heteroatoms. The molecule has 4 rings (SSSR count). The van der Waals surface area contributed by atoms with Crippen LogP contribution in [0.5, 0.6) is 0 Å². The number of hydrogen-bond donors (Lipinski definition) is 1. The largest absolute Gasteiger partial charge is 0.462 e. The first kappa shape index (κ1) is 14.4. The third-order valence-corrected chi connectivity index (χ3v) is 5.10. The molecule has 2 fully saturated rings. The second-order valence-electron chi connectivity index (χ2n) is 5.97. The average molecular weight is 319 g/mol. The Kier molecular flexibility index (Phi) is 4.25. The molecular weight excluding hydrogens is 298 g/mol. The molecule has 3 heterocycles. The van der Waals surface area contributed by atoms with Crippen molar-refractivity contribution in [3.63, 3.8) is 0 Å². The second-order valence-corrected chi connectivity index (χ2v) is 6.83. The maximum Gasteiger partial charge on any atom is 0.162 e. The van der Waals surface area contributed by atoms with Crippen LogP contribution in [0.25, 0.3) is 10.8 Å². The fourth-order valence-corrected chi connectivity index (χ4v) is 3.69. The van der Waals surface area contributed by atoms with Gasteiger partial charge in [-0.15, -0.1) is 11.3 Å². The van der Waals surface area contributed by atoms with Crippen LogP contribution in [0.3, 0.4) is 0 Å². The van der Waals surface area contributed by atoms with E-state index in [0.29, 0.717) is 6.10 Å². The minimum Gasteiger partial charge on any atom is -0.462 e. The number of hydrogen-bond acceptors (Lipinski definition) is 6. The highest BCUT2D eigenvalue weighted by molar-refractivity contribution is 7.13. The van der Waals surface area contributed by atoms with Crippen LogP contribution < -0.4 is 5.32 Å². The molecule has 1 saturated heterocycles. The maximum absolute atomic E-state index is 5.85. The van der Waals surface area contributed by atoms with Crippen LogP contribution in [-0.4, -0.2) is 48.3 Å². The van der Waals surface area contributed by atoms with Crippen molar-refractivity contribution in [3.05, 3.63) is 29.5 Å². The van der Waals surface area contributed by atoms with Gasteiger partial charge in [0.2, 0.25) is 0 Å². The van der Waals surface area contributed by atoms with Gasteiger partial charge in [0.05, 0.1) is 24.7 Å². The van der Waals surface area contributed by atoms with Gasteiger partial charge in [0.15, 0.2) is 10.8 Å². The zero-order chi connectivity index (χ0) is 14.8. The lowest BCUT2D eigenvalue weighted by Gasteiger charge is -2.33. The Hall–Kier alpha value is -1.21. The highest BCUT2D eigenvalue weighted by Gasteiger charge is 2.32. The lowest BCUT2D eigenvalue weighted by molar-refractivity contribution is -0.0301. The first-order chi connectivity index (χ1) is 10.9. The quantitative estimate of drug-likeness (QED) is 0.886. The van der Waals surface area contributed by atoms with Crippen molar-refractivity contribution in [3.8, 4) is 10.8 Å². The lowest BCUT2D eigenvalue weighted by atomic mass is 10.2. The molecule has 2 aromatic rings. The average Bonchev–Trinajstić information content (AvgIpc) is 3.06. The van der Waals surface area contributed by atoms with Crippen molar-refractivity contribution in [1.29, 1.82) is 0 Å². The summed E-state index contributed by atoms with van der Waals surface area (Å²) in [6.45, 7) is 4.69. The van der Waals surface area contributed by atoms with Gasteiger partial charge in [-0.05, 0) is 25.0 Å².